The first-order valence-electron chi connectivity index (χ1n) is 10.3. The number of benzene rings is 2. The first-order chi connectivity index (χ1) is 14.0. The molecule has 0 fully saturated rings. The fraction of sp³-hybridized carbons (Fsp3) is 0.458. The average molecular weight is 400 g/mol. The minimum Gasteiger partial charge on any atom is -0.493 e. The Morgan fingerprint density at radius 2 is 1.76 bits per heavy atom. The zero-order chi connectivity index (χ0) is 21.1. The molecule has 5 nitrogen and oxygen atoms in total. The van der Waals surface area contributed by atoms with Crippen LogP contribution < -0.4 is 14.8 Å². The predicted molar refractivity (Wildman–Crippen MR) is 116 cm³/mol. The van der Waals surface area contributed by atoms with E-state index in [1.807, 2.05) is 57.2 Å². The molecule has 2 rings (SSSR count). The quantitative estimate of drug-likeness (QED) is 0.582. The maximum Gasteiger partial charge on any atom is 0.249 e. The van der Waals surface area contributed by atoms with E-state index in [-0.39, 0.29) is 12.0 Å². The molecule has 29 heavy (non-hydrogen) atoms. The molecule has 0 aliphatic heterocycles. The van der Waals surface area contributed by atoms with Gasteiger partial charge in [0.1, 0.15) is 6.10 Å². The van der Waals surface area contributed by atoms with Gasteiger partial charge in [-0.1, -0.05) is 36.4 Å². The minimum absolute atomic E-state index is 0.0606. The van der Waals surface area contributed by atoms with Gasteiger partial charge in [-0.2, -0.15) is 0 Å². The predicted octanol–water partition coefficient (Wildman–Crippen LogP) is 4.18. The summed E-state index contributed by atoms with van der Waals surface area (Å²) in [6.45, 7) is 6.93. The van der Waals surface area contributed by atoms with Gasteiger partial charge in [0.05, 0.1) is 13.2 Å². The molecule has 0 spiro atoms. The third-order valence-corrected chi connectivity index (χ3v) is 4.50. The van der Waals surface area contributed by atoms with Gasteiger partial charge in [-0.3, -0.25) is 4.79 Å². The van der Waals surface area contributed by atoms with E-state index in [4.69, 9.17) is 14.2 Å². The van der Waals surface area contributed by atoms with Crippen molar-refractivity contribution in [3.63, 3.8) is 0 Å². The molecule has 2 aromatic rings. The molecular weight excluding hydrogens is 366 g/mol. The minimum atomic E-state index is -0.434. The number of rotatable bonds is 12. The Bertz CT molecular complexity index is 746. The highest BCUT2D eigenvalue weighted by Gasteiger charge is 2.18. The molecule has 5 heteroatoms. The number of carbonyl (C=O) groups is 1. The Kier molecular flexibility index (Phi) is 9.51. The van der Waals surface area contributed by atoms with E-state index < -0.39 is 6.10 Å². The van der Waals surface area contributed by atoms with Crippen molar-refractivity contribution in [1.29, 1.82) is 0 Å². The maximum atomic E-state index is 12.6. The zero-order valence-corrected chi connectivity index (χ0v) is 17.9. The summed E-state index contributed by atoms with van der Waals surface area (Å²) in [4.78, 5) is 12.6. The molecule has 0 aliphatic rings. The molecule has 158 valence electrons. The fourth-order valence-electron chi connectivity index (χ4n) is 3.10. The molecule has 0 bridgehead atoms. The zero-order valence-electron chi connectivity index (χ0n) is 17.9. The number of ether oxygens (including phenoxy) is 3. The molecule has 0 aliphatic carbocycles. The van der Waals surface area contributed by atoms with E-state index >= 15 is 0 Å². The highest BCUT2D eigenvalue weighted by Crippen LogP contribution is 2.29. The third kappa shape index (κ3) is 7.78. The molecule has 1 amide bonds. The molecule has 0 saturated heterocycles. The lowest BCUT2D eigenvalue weighted by Gasteiger charge is -2.17. The van der Waals surface area contributed by atoms with Crippen molar-refractivity contribution in [3.05, 3.63) is 59.7 Å². The topological polar surface area (TPSA) is 56.8 Å². The molecule has 0 heterocycles. The van der Waals surface area contributed by atoms with Gasteiger partial charge in [-0.05, 0) is 63.3 Å². The van der Waals surface area contributed by atoms with Crippen molar-refractivity contribution < 1.29 is 19.0 Å². The summed E-state index contributed by atoms with van der Waals surface area (Å²) in [7, 11) is 1.63. The number of amides is 1. The van der Waals surface area contributed by atoms with E-state index in [2.05, 4.69) is 17.4 Å². The summed E-state index contributed by atoms with van der Waals surface area (Å²) in [5.74, 6) is 1.37. The van der Waals surface area contributed by atoms with Crippen LogP contribution in [0, 0.1) is 0 Å². The highest BCUT2D eigenvalue weighted by atomic mass is 16.5. The second-order valence-electron chi connectivity index (χ2n) is 7.16. The fourth-order valence-corrected chi connectivity index (χ4v) is 3.10. The van der Waals surface area contributed by atoms with Gasteiger partial charge in [0, 0.05) is 13.2 Å². The van der Waals surface area contributed by atoms with Gasteiger partial charge in [-0.25, -0.2) is 0 Å². The molecule has 1 atom stereocenters. The van der Waals surface area contributed by atoms with Crippen molar-refractivity contribution in [1.82, 2.24) is 5.32 Å². The van der Waals surface area contributed by atoms with Crippen LogP contribution in [0.15, 0.2) is 48.5 Å². The Morgan fingerprint density at radius 1 is 1.00 bits per heavy atom. The van der Waals surface area contributed by atoms with Crippen LogP contribution in [-0.2, 0) is 22.4 Å². The van der Waals surface area contributed by atoms with Crippen molar-refractivity contribution in [2.45, 2.75) is 52.2 Å². The summed E-state index contributed by atoms with van der Waals surface area (Å²) < 4.78 is 16.8. The van der Waals surface area contributed by atoms with E-state index in [1.54, 1.807) is 7.11 Å². The van der Waals surface area contributed by atoms with Gasteiger partial charge < -0.3 is 19.5 Å². The van der Waals surface area contributed by atoms with Crippen LogP contribution in [-0.4, -0.2) is 38.4 Å². The van der Waals surface area contributed by atoms with Crippen molar-refractivity contribution in [2.24, 2.45) is 0 Å². The molecule has 0 aromatic heterocycles. The van der Waals surface area contributed by atoms with E-state index in [1.165, 1.54) is 5.56 Å². The normalized spacial score (nSPS) is 11.9. The molecule has 0 saturated carbocycles. The first-order valence-corrected chi connectivity index (χ1v) is 10.3. The van der Waals surface area contributed by atoms with Gasteiger partial charge >= 0.3 is 0 Å². The number of aryl methyl sites for hydroxylation is 1. The van der Waals surface area contributed by atoms with Crippen LogP contribution in [0.5, 0.6) is 11.5 Å². The van der Waals surface area contributed by atoms with E-state index in [0.717, 1.165) is 17.7 Å². The molecular formula is C24H33NO4. The second kappa shape index (κ2) is 12.1. The van der Waals surface area contributed by atoms with Crippen molar-refractivity contribution in [3.8, 4) is 11.5 Å². The lowest BCUT2D eigenvalue weighted by atomic mass is 10.1. The standard InChI is InChI=1S/C24H33NO4/c1-5-28-22(14-11-19-9-7-6-8-10-19)24(26)25-16-15-20-12-13-21(29-18(2)3)23(17-20)27-4/h6-10,12-13,17-18,22H,5,11,14-16H2,1-4H3,(H,25,26)/t22-/m1/s1. The number of hydrogen-bond donors (Lipinski definition) is 1. The summed E-state index contributed by atoms with van der Waals surface area (Å²) in [6.07, 6.45) is 1.84. The Labute approximate surface area is 174 Å². The van der Waals surface area contributed by atoms with Crippen molar-refractivity contribution in [2.75, 3.05) is 20.3 Å². The summed E-state index contributed by atoms with van der Waals surface area (Å²) in [5.41, 5.74) is 2.29. The first kappa shape index (κ1) is 22.8. The monoisotopic (exact) mass is 399 g/mol. The molecule has 1 N–H and O–H groups in total. The third-order valence-electron chi connectivity index (χ3n) is 4.50. The molecule has 0 radical (unpaired) electrons. The van der Waals surface area contributed by atoms with Crippen molar-refractivity contribution >= 4 is 5.91 Å². The van der Waals surface area contributed by atoms with E-state index in [9.17, 15) is 4.79 Å². The smallest absolute Gasteiger partial charge is 0.249 e. The van der Waals surface area contributed by atoms with Crippen LogP contribution in [0.1, 0.15) is 38.3 Å². The van der Waals surface area contributed by atoms with Gasteiger partial charge in [0.15, 0.2) is 11.5 Å². The van der Waals surface area contributed by atoms with Crippen LogP contribution in [0.4, 0.5) is 0 Å². The molecule has 0 unspecified atom stereocenters. The Balaban J connectivity index is 1.86. The molecule has 2 aromatic carbocycles. The average Bonchev–Trinajstić information content (AvgIpc) is 2.72. The van der Waals surface area contributed by atoms with Crippen LogP contribution in [0.3, 0.4) is 0 Å². The lowest BCUT2D eigenvalue weighted by Crippen LogP contribution is -2.37. The van der Waals surface area contributed by atoms with E-state index in [0.29, 0.717) is 31.7 Å². The van der Waals surface area contributed by atoms with Gasteiger partial charge in [0.25, 0.3) is 0 Å². The Hall–Kier alpha value is -2.53. The maximum absolute atomic E-state index is 12.6. The largest absolute Gasteiger partial charge is 0.493 e. The van der Waals surface area contributed by atoms with Crippen LogP contribution in [0.25, 0.3) is 0 Å². The highest BCUT2D eigenvalue weighted by molar-refractivity contribution is 5.80. The lowest BCUT2D eigenvalue weighted by molar-refractivity contribution is -0.132. The Morgan fingerprint density at radius 3 is 2.41 bits per heavy atom. The number of nitrogens with one attached hydrogen (secondary N) is 1. The SMILES string of the molecule is CCO[C@H](CCc1ccccc1)C(=O)NCCc1ccc(OC(C)C)c(OC)c1. The summed E-state index contributed by atoms with van der Waals surface area (Å²) in [5, 5.41) is 3.00. The van der Waals surface area contributed by atoms with Crippen LogP contribution >= 0.6 is 0 Å². The number of methoxy groups -OCH3 is 1. The summed E-state index contributed by atoms with van der Waals surface area (Å²) in [6, 6.07) is 16.0. The van der Waals surface area contributed by atoms with Gasteiger partial charge in [-0.15, -0.1) is 0 Å². The second-order valence-corrected chi connectivity index (χ2v) is 7.16. The number of carbonyl (C=O) groups excluding carboxylic acids is 1. The van der Waals surface area contributed by atoms with Crippen LogP contribution in [0.2, 0.25) is 0 Å². The number of hydrogen-bond acceptors (Lipinski definition) is 4. The van der Waals surface area contributed by atoms with Gasteiger partial charge in [0.2, 0.25) is 5.91 Å². The summed E-state index contributed by atoms with van der Waals surface area (Å²) >= 11 is 0.